The van der Waals surface area contributed by atoms with Gasteiger partial charge in [-0.25, -0.2) is 17.6 Å². The van der Waals surface area contributed by atoms with Crippen LogP contribution in [0.5, 0.6) is 0 Å². The van der Waals surface area contributed by atoms with E-state index in [4.69, 9.17) is 0 Å². The van der Waals surface area contributed by atoms with E-state index in [0.717, 1.165) is 6.07 Å². The van der Waals surface area contributed by atoms with Gasteiger partial charge in [0.05, 0.1) is 11.1 Å². The van der Waals surface area contributed by atoms with Crippen molar-refractivity contribution < 1.29 is 35.1 Å². The predicted octanol–water partition coefficient (Wildman–Crippen LogP) is 7.46. The van der Waals surface area contributed by atoms with Crippen LogP contribution in [0.2, 0.25) is 0 Å². The molecule has 0 aliphatic heterocycles. The predicted molar refractivity (Wildman–Crippen MR) is 90.5 cm³/mol. The number of allylic oxidation sites excluding steroid dienone is 5. The molecule has 0 heterocycles. The zero-order chi connectivity index (χ0) is 21.3. The highest BCUT2D eigenvalue weighted by Crippen LogP contribution is 2.51. The molecule has 1 aliphatic rings. The molecule has 28 heavy (non-hydrogen) atoms. The summed E-state index contributed by atoms with van der Waals surface area (Å²) in [6.07, 6.45) is 1.29. The molecule has 0 aromatic heterocycles. The molecular formula is C20H18F8. The topological polar surface area (TPSA) is 0 Å². The highest BCUT2D eigenvalue weighted by Gasteiger charge is 2.62. The number of hydrogen-bond donors (Lipinski definition) is 0. The summed E-state index contributed by atoms with van der Waals surface area (Å²) in [5, 5.41) is 0. The maximum absolute atomic E-state index is 14.4. The molecule has 0 spiro atoms. The zero-order valence-electron chi connectivity index (χ0n) is 15.2. The molecule has 1 aromatic carbocycles. The molecule has 0 atom stereocenters. The first-order chi connectivity index (χ1) is 13.0. The van der Waals surface area contributed by atoms with Gasteiger partial charge in [0.15, 0.2) is 23.3 Å². The van der Waals surface area contributed by atoms with Crippen molar-refractivity contribution in [3.8, 4) is 0 Å². The van der Waals surface area contributed by atoms with E-state index in [1.807, 2.05) is 0 Å². The largest absolute Gasteiger partial charge is 0.342 e. The Balaban J connectivity index is 2.58. The number of alkyl halides is 4. The van der Waals surface area contributed by atoms with Crippen molar-refractivity contribution in [2.24, 2.45) is 0 Å². The van der Waals surface area contributed by atoms with Crippen LogP contribution in [0.1, 0.15) is 44.2 Å². The molecule has 2 rings (SSSR count). The minimum atomic E-state index is -5.05. The molecule has 8 heteroatoms. The van der Waals surface area contributed by atoms with E-state index in [-0.39, 0.29) is 24.8 Å². The molecule has 0 amide bonds. The highest BCUT2D eigenvalue weighted by molar-refractivity contribution is 5.67. The summed E-state index contributed by atoms with van der Waals surface area (Å²) in [6.45, 7) is 3.18. The lowest BCUT2D eigenvalue weighted by Crippen LogP contribution is -2.45. The van der Waals surface area contributed by atoms with Crippen molar-refractivity contribution >= 4 is 5.83 Å². The molecule has 0 nitrogen and oxygen atoms in total. The van der Waals surface area contributed by atoms with Crippen molar-refractivity contribution in [3.63, 3.8) is 0 Å². The monoisotopic (exact) mass is 410 g/mol. The average molecular weight is 410 g/mol. The molecule has 1 aliphatic carbocycles. The Morgan fingerprint density at radius 1 is 0.786 bits per heavy atom. The fourth-order valence-corrected chi connectivity index (χ4v) is 2.94. The van der Waals surface area contributed by atoms with Crippen LogP contribution in [-0.2, 0) is 6.42 Å². The lowest BCUT2D eigenvalue weighted by Gasteiger charge is -2.32. The number of hydrogen-bond acceptors (Lipinski definition) is 0. The maximum atomic E-state index is 14.4. The first kappa shape index (κ1) is 22.2. The molecule has 0 fully saturated rings. The fraction of sp³-hybridized carbons (Fsp3) is 0.400. The van der Waals surface area contributed by atoms with Gasteiger partial charge in [0.2, 0.25) is 0 Å². The van der Waals surface area contributed by atoms with Crippen molar-refractivity contribution in [2.75, 3.05) is 0 Å². The second-order valence-corrected chi connectivity index (χ2v) is 6.45. The van der Waals surface area contributed by atoms with E-state index in [0.29, 0.717) is 24.6 Å². The van der Waals surface area contributed by atoms with Gasteiger partial charge >= 0.3 is 11.8 Å². The van der Waals surface area contributed by atoms with Crippen molar-refractivity contribution in [3.05, 3.63) is 64.0 Å². The third kappa shape index (κ3) is 3.61. The third-order valence-electron chi connectivity index (χ3n) is 4.45. The molecule has 0 saturated heterocycles. The summed E-state index contributed by atoms with van der Waals surface area (Å²) in [6, 6.07) is 1.68. The van der Waals surface area contributed by atoms with Gasteiger partial charge in [0.25, 0.3) is 0 Å². The minimum absolute atomic E-state index is 0.0992. The first-order valence-electron chi connectivity index (χ1n) is 8.70. The minimum Gasteiger partial charge on any atom is -0.203 e. The molecule has 154 valence electrons. The van der Waals surface area contributed by atoms with Gasteiger partial charge in [0, 0.05) is 5.57 Å². The molecular weight excluding hydrogens is 392 g/mol. The molecule has 0 saturated carbocycles. The van der Waals surface area contributed by atoms with Crippen LogP contribution in [0, 0.1) is 11.6 Å². The maximum Gasteiger partial charge on any atom is 0.342 e. The van der Waals surface area contributed by atoms with E-state index in [1.54, 1.807) is 6.92 Å². The summed E-state index contributed by atoms with van der Waals surface area (Å²) in [5.41, 5.74) is -4.19. The van der Waals surface area contributed by atoms with E-state index < -0.39 is 51.8 Å². The molecule has 0 unspecified atom stereocenters. The van der Waals surface area contributed by atoms with E-state index >= 15 is 0 Å². The molecule has 0 bridgehead atoms. The van der Waals surface area contributed by atoms with Crippen LogP contribution < -0.4 is 0 Å². The number of benzene rings is 1. The summed E-state index contributed by atoms with van der Waals surface area (Å²) in [4.78, 5) is 0. The standard InChI is InChI=1S/C20H18F8/c1-3-5-11-7-9-13(16(22)15(11)21)17(23)18(24)14-10-8-12(6-4-2)19(25,26)20(14,27)28/h7-10H,3-6H2,1-2H3/b18-17+. The first-order valence-corrected chi connectivity index (χ1v) is 8.70. The lowest BCUT2D eigenvalue weighted by atomic mass is 9.87. The van der Waals surface area contributed by atoms with Crippen molar-refractivity contribution in [2.45, 2.75) is 51.4 Å². The summed E-state index contributed by atoms with van der Waals surface area (Å²) in [7, 11) is 0. The summed E-state index contributed by atoms with van der Waals surface area (Å²) < 4.78 is 113. The Hall–Kier alpha value is -2.12. The Labute approximate surface area is 157 Å². The van der Waals surface area contributed by atoms with Crippen molar-refractivity contribution in [1.82, 2.24) is 0 Å². The van der Waals surface area contributed by atoms with E-state index in [1.165, 1.54) is 6.92 Å². The Morgan fingerprint density at radius 2 is 1.39 bits per heavy atom. The Bertz CT molecular complexity index is 846. The van der Waals surface area contributed by atoms with Crippen LogP contribution in [0.3, 0.4) is 0 Å². The van der Waals surface area contributed by atoms with Gasteiger partial charge in [-0.15, -0.1) is 0 Å². The third-order valence-corrected chi connectivity index (χ3v) is 4.45. The number of aryl methyl sites for hydroxylation is 1. The Morgan fingerprint density at radius 3 is 1.96 bits per heavy atom. The second kappa shape index (κ2) is 8.09. The molecule has 1 aromatic rings. The average Bonchev–Trinajstić information content (AvgIpc) is 2.63. The van der Waals surface area contributed by atoms with Gasteiger partial charge < -0.3 is 0 Å². The fourth-order valence-electron chi connectivity index (χ4n) is 2.94. The van der Waals surface area contributed by atoms with Crippen LogP contribution >= 0.6 is 0 Å². The van der Waals surface area contributed by atoms with Gasteiger partial charge in [-0.1, -0.05) is 38.8 Å². The van der Waals surface area contributed by atoms with E-state index in [9.17, 15) is 35.1 Å². The van der Waals surface area contributed by atoms with Crippen molar-refractivity contribution in [1.29, 1.82) is 0 Å². The number of halogens is 8. The van der Waals surface area contributed by atoms with Gasteiger partial charge in [-0.05, 0) is 30.5 Å². The second-order valence-electron chi connectivity index (χ2n) is 6.45. The molecule has 0 N–H and O–H groups in total. The van der Waals surface area contributed by atoms with Gasteiger partial charge in [-0.3, -0.25) is 0 Å². The smallest absolute Gasteiger partial charge is 0.203 e. The quantitative estimate of drug-likeness (QED) is 0.427. The Kier molecular flexibility index (Phi) is 6.41. The van der Waals surface area contributed by atoms with Gasteiger partial charge in [-0.2, -0.15) is 17.6 Å². The van der Waals surface area contributed by atoms with Crippen LogP contribution in [0.25, 0.3) is 5.83 Å². The van der Waals surface area contributed by atoms with Crippen LogP contribution in [0.4, 0.5) is 35.1 Å². The normalized spacial score (nSPS) is 19.1. The van der Waals surface area contributed by atoms with Crippen LogP contribution in [-0.4, -0.2) is 11.8 Å². The molecule has 0 radical (unpaired) electrons. The number of rotatable bonds is 6. The highest BCUT2D eigenvalue weighted by atomic mass is 19.3. The lowest BCUT2D eigenvalue weighted by molar-refractivity contribution is -0.164. The summed E-state index contributed by atoms with van der Waals surface area (Å²) >= 11 is 0. The van der Waals surface area contributed by atoms with E-state index in [2.05, 4.69) is 0 Å². The SMILES string of the molecule is CCCC1=CC=C(/C(F)=C(\F)c2ccc(CCC)c(F)c2F)C(F)(F)C1(F)F. The summed E-state index contributed by atoms with van der Waals surface area (Å²) in [5.74, 6) is -17.5. The van der Waals surface area contributed by atoms with Crippen LogP contribution in [0.15, 0.2) is 41.3 Å². The zero-order valence-corrected chi connectivity index (χ0v) is 15.2. The van der Waals surface area contributed by atoms with Gasteiger partial charge in [0.1, 0.15) is 0 Å².